The first kappa shape index (κ1) is 21.1. The molecule has 0 unspecified atom stereocenters. The maximum Gasteiger partial charge on any atom is 0.243 e. The van der Waals surface area contributed by atoms with E-state index in [-0.39, 0.29) is 12.5 Å². The number of para-hydroxylation sites is 1. The Kier molecular flexibility index (Phi) is 7.90. The molecular weight excluding hydrogens is 364 g/mol. The molecule has 0 atom stereocenters. The summed E-state index contributed by atoms with van der Waals surface area (Å²) >= 11 is 0. The molecule has 1 fully saturated rings. The highest BCUT2D eigenvalue weighted by atomic mass is 16.5. The lowest BCUT2D eigenvalue weighted by Crippen LogP contribution is -2.36. The van der Waals surface area contributed by atoms with Gasteiger partial charge in [0.05, 0.1) is 19.8 Å². The quantitative estimate of drug-likeness (QED) is 0.680. The Hall–Kier alpha value is -2.57. The topological polar surface area (TPSA) is 56.8 Å². The minimum atomic E-state index is -0.0539. The van der Waals surface area contributed by atoms with Crippen LogP contribution in [-0.2, 0) is 16.1 Å². The van der Waals surface area contributed by atoms with Crippen LogP contribution in [0, 0.1) is 0 Å². The average molecular weight is 397 g/mol. The summed E-state index contributed by atoms with van der Waals surface area (Å²) in [5.41, 5.74) is 4.19. The van der Waals surface area contributed by atoms with E-state index in [1.807, 2.05) is 42.5 Å². The molecule has 6 nitrogen and oxygen atoms in total. The van der Waals surface area contributed by atoms with E-state index < -0.39 is 0 Å². The number of nitrogens with one attached hydrogen (secondary N) is 2. The maximum atomic E-state index is 12.4. The number of ether oxygens (including phenoxy) is 1. The second kappa shape index (κ2) is 10.8. The van der Waals surface area contributed by atoms with Gasteiger partial charge in [-0.2, -0.15) is 0 Å². The van der Waals surface area contributed by atoms with Crippen LogP contribution in [0.5, 0.6) is 0 Å². The van der Waals surface area contributed by atoms with Crippen LogP contribution >= 0.6 is 0 Å². The summed E-state index contributed by atoms with van der Waals surface area (Å²) in [6.45, 7) is 10.8. The summed E-state index contributed by atoms with van der Waals surface area (Å²) in [6.07, 6.45) is 0. The molecule has 2 aromatic carbocycles. The third-order valence-electron chi connectivity index (χ3n) is 5.27. The Morgan fingerprint density at radius 2 is 1.72 bits per heavy atom. The van der Waals surface area contributed by atoms with E-state index in [9.17, 15) is 4.79 Å². The Morgan fingerprint density at radius 3 is 2.41 bits per heavy atom. The molecule has 29 heavy (non-hydrogen) atoms. The number of carbonyl (C=O) groups is 1. The van der Waals surface area contributed by atoms with E-state index in [4.69, 9.17) is 4.74 Å². The van der Waals surface area contributed by atoms with Gasteiger partial charge in [0.15, 0.2) is 0 Å². The minimum absolute atomic E-state index is 0.0539. The van der Waals surface area contributed by atoms with Gasteiger partial charge < -0.3 is 20.3 Å². The standard InChI is InChI=1S/C23H32N4O2/c1-3-26(4-2)18-19-7-5-6-8-22(19)24-17-23(28)25-20-9-11-21(12-10-20)27-13-15-29-16-14-27/h5-12,24H,3-4,13-18H2,1-2H3,(H,25,28). The molecule has 6 heteroatoms. The molecule has 156 valence electrons. The molecule has 0 spiro atoms. The smallest absolute Gasteiger partial charge is 0.243 e. The lowest BCUT2D eigenvalue weighted by molar-refractivity contribution is -0.114. The second-order valence-corrected chi connectivity index (χ2v) is 7.17. The summed E-state index contributed by atoms with van der Waals surface area (Å²) in [6, 6.07) is 16.2. The molecule has 3 rings (SSSR count). The van der Waals surface area contributed by atoms with Crippen molar-refractivity contribution in [1.82, 2.24) is 4.90 Å². The monoisotopic (exact) mass is 396 g/mol. The number of anilines is 3. The Labute approximate surface area is 173 Å². The normalized spacial score (nSPS) is 14.1. The molecule has 2 aromatic rings. The van der Waals surface area contributed by atoms with Crippen molar-refractivity contribution in [3.63, 3.8) is 0 Å². The largest absolute Gasteiger partial charge is 0.378 e. The zero-order chi connectivity index (χ0) is 20.5. The van der Waals surface area contributed by atoms with Gasteiger partial charge in [-0.1, -0.05) is 32.0 Å². The highest BCUT2D eigenvalue weighted by Crippen LogP contribution is 2.20. The van der Waals surface area contributed by atoms with Crippen molar-refractivity contribution >= 4 is 23.0 Å². The van der Waals surface area contributed by atoms with E-state index in [1.165, 1.54) is 5.56 Å². The lowest BCUT2D eigenvalue weighted by atomic mass is 10.1. The summed E-state index contributed by atoms with van der Waals surface area (Å²) < 4.78 is 5.39. The number of morpholine rings is 1. The van der Waals surface area contributed by atoms with Crippen LogP contribution in [0.25, 0.3) is 0 Å². The molecular formula is C23H32N4O2. The molecule has 1 aliphatic rings. The molecule has 0 aliphatic carbocycles. The summed E-state index contributed by atoms with van der Waals surface area (Å²) in [5.74, 6) is -0.0539. The molecule has 0 bridgehead atoms. The summed E-state index contributed by atoms with van der Waals surface area (Å²) in [4.78, 5) is 17.1. The number of nitrogens with zero attached hydrogens (tertiary/aromatic N) is 2. The van der Waals surface area contributed by atoms with Gasteiger partial charge in [0.1, 0.15) is 0 Å². The molecule has 0 radical (unpaired) electrons. The van der Waals surface area contributed by atoms with Crippen molar-refractivity contribution in [2.45, 2.75) is 20.4 Å². The van der Waals surface area contributed by atoms with E-state index in [1.54, 1.807) is 0 Å². The minimum Gasteiger partial charge on any atom is -0.378 e. The van der Waals surface area contributed by atoms with Gasteiger partial charge in [0, 0.05) is 36.7 Å². The maximum absolute atomic E-state index is 12.4. The highest BCUT2D eigenvalue weighted by Gasteiger charge is 2.11. The lowest BCUT2D eigenvalue weighted by Gasteiger charge is -2.28. The summed E-state index contributed by atoms with van der Waals surface area (Å²) in [5, 5.41) is 6.26. The first-order valence-corrected chi connectivity index (χ1v) is 10.5. The van der Waals surface area contributed by atoms with Gasteiger partial charge in [0.2, 0.25) is 5.91 Å². The molecule has 0 saturated carbocycles. The van der Waals surface area contributed by atoms with Crippen molar-refractivity contribution in [1.29, 1.82) is 0 Å². The van der Waals surface area contributed by atoms with Crippen LogP contribution in [0.2, 0.25) is 0 Å². The van der Waals surface area contributed by atoms with Crippen LogP contribution in [0.4, 0.5) is 17.1 Å². The van der Waals surface area contributed by atoms with Crippen LogP contribution < -0.4 is 15.5 Å². The number of rotatable bonds is 9. The van der Waals surface area contributed by atoms with E-state index in [2.05, 4.69) is 40.3 Å². The second-order valence-electron chi connectivity index (χ2n) is 7.17. The van der Waals surface area contributed by atoms with E-state index >= 15 is 0 Å². The number of amides is 1. The van der Waals surface area contributed by atoms with Crippen LogP contribution in [-0.4, -0.2) is 56.7 Å². The molecule has 2 N–H and O–H groups in total. The van der Waals surface area contributed by atoms with Crippen LogP contribution in [0.3, 0.4) is 0 Å². The van der Waals surface area contributed by atoms with Crippen molar-refractivity contribution in [3.8, 4) is 0 Å². The SMILES string of the molecule is CCN(CC)Cc1ccccc1NCC(=O)Nc1ccc(N2CCOCC2)cc1. The van der Waals surface area contributed by atoms with Crippen LogP contribution in [0.1, 0.15) is 19.4 Å². The predicted molar refractivity (Wildman–Crippen MR) is 120 cm³/mol. The molecule has 0 aromatic heterocycles. The van der Waals surface area contributed by atoms with Gasteiger partial charge in [0.25, 0.3) is 0 Å². The van der Waals surface area contributed by atoms with Gasteiger partial charge in [-0.15, -0.1) is 0 Å². The van der Waals surface area contributed by atoms with Gasteiger partial charge >= 0.3 is 0 Å². The van der Waals surface area contributed by atoms with Crippen molar-refractivity contribution < 1.29 is 9.53 Å². The fourth-order valence-electron chi connectivity index (χ4n) is 3.48. The van der Waals surface area contributed by atoms with Crippen molar-refractivity contribution in [2.75, 3.05) is 61.5 Å². The fraction of sp³-hybridized carbons (Fsp3) is 0.435. The first-order chi connectivity index (χ1) is 14.2. The number of hydrogen-bond donors (Lipinski definition) is 2. The highest BCUT2D eigenvalue weighted by molar-refractivity contribution is 5.94. The van der Waals surface area contributed by atoms with Crippen LogP contribution in [0.15, 0.2) is 48.5 Å². The van der Waals surface area contributed by atoms with Gasteiger partial charge in [-0.05, 0) is 49.0 Å². The zero-order valence-corrected chi connectivity index (χ0v) is 17.5. The zero-order valence-electron chi connectivity index (χ0n) is 17.5. The number of carbonyl (C=O) groups excluding carboxylic acids is 1. The Bertz CT molecular complexity index is 769. The average Bonchev–Trinajstić information content (AvgIpc) is 2.78. The molecule has 1 heterocycles. The van der Waals surface area contributed by atoms with E-state index in [0.717, 1.165) is 63.0 Å². The van der Waals surface area contributed by atoms with Crippen molar-refractivity contribution in [2.24, 2.45) is 0 Å². The van der Waals surface area contributed by atoms with Gasteiger partial charge in [-0.3, -0.25) is 9.69 Å². The van der Waals surface area contributed by atoms with Crippen molar-refractivity contribution in [3.05, 3.63) is 54.1 Å². The Morgan fingerprint density at radius 1 is 1.03 bits per heavy atom. The van der Waals surface area contributed by atoms with E-state index in [0.29, 0.717) is 0 Å². The van der Waals surface area contributed by atoms with Gasteiger partial charge in [-0.25, -0.2) is 0 Å². The predicted octanol–water partition coefficient (Wildman–Crippen LogP) is 3.42. The third-order valence-corrected chi connectivity index (χ3v) is 5.27. The number of hydrogen-bond acceptors (Lipinski definition) is 5. The third kappa shape index (κ3) is 6.21. The fourth-order valence-corrected chi connectivity index (χ4v) is 3.48. The Balaban J connectivity index is 1.52. The number of benzene rings is 2. The first-order valence-electron chi connectivity index (χ1n) is 10.5. The molecule has 1 amide bonds. The molecule has 1 saturated heterocycles. The molecule has 1 aliphatic heterocycles. The summed E-state index contributed by atoms with van der Waals surface area (Å²) in [7, 11) is 0.